The molecule has 2 heterocycles. The highest BCUT2D eigenvalue weighted by atomic mass is 35.5. The van der Waals surface area contributed by atoms with E-state index in [1.807, 2.05) is 0 Å². The Morgan fingerprint density at radius 1 is 0.976 bits per heavy atom. The fourth-order valence-electron chi connectivity index (χ4n) is 5.31. The summed E-state index contributed by atoms with van der Waals surface area (Å²) in [4.78, 5) is 41.2. The van der Waals surface area contributed by atoms with Crippen molar-refractivity contribution in [1.29, 1.82) is 0 Å². The highest BCUT2D eigenvalue weighted by Gasteiger charge is 2.39. The number of hydrogen-bond donors (Lipinski definition) is 1. The Morgan fingerprint density at radius 2 is 1.59 bits per heavy atom. The third-order valence-electron chi connectivity index (χ3n) is 7.41. The average Bonchev–Trinajstić information content (AvgIpc) is 2.94. The van der Waals surface area contributed by atoms with Gasteiger partial charge >= 0.3 is 11.9 Å². The minimum absolute atomic E-state index is 0. The third-order valence-corrected chi connectivity index (χ3v) is 8.24. The van der Waals surface area contributed by atoms with Gasteiger partial charge in [0, 0.05) is 29.4 Å². The molecular weight excluding hydrogens is 594 g/mol. The second kappa shape index (κ2) is 14.3. The number of carbonyl (C=O) groups excluding carboxylic acids is 3. The highest BCUT2D eigenvalue weighted by Crippen LogP contribution is 2.43. The van der Waals surface area contributed by atoms with E-state index in [1.54, 1.807) is 32.0 Å². The zero-order valence-electron chi connectivity index (χ0n) is 23.0. The lowest BCUT2D eigenvalue weighted by atomic mass is 9.80. The van der Waals surface area contributed by atoms with Crippen molar-refractivity contribution in [2.75, 3.05) is 33.4 Å². The maximum Gasteiger partial charge on any atom is 0.336 e. The number of rotatable bonds is 8. The molecule has 1 atom stereocenters. The molecule has 0 radical (unpaired) electrons. The van der Waals surface area contributed by atoms with Gasteiger partial charge in [0.2, 0.25) is 0 Å². The van der Waals surface area contributed by atoms with Gasteiger partial charge in [-0.3, -0.25) is 9.69 Å². The molecule has 1 unspecified atom stereocenters. The first kappa shape index (κ1) is 32.6. The van der Waals surface area contributed by atoms with Crippen LogP contribution in [0.15, 0.2) is 65.0 Å². The monoisotopic (exact) mass is 624 g/mol. The maximum atomic E-state index is 13.5. The van der Waals surface area contributed by atoms with Crippen molar-refractivity contribution in [3.8, 4) is 0 Å². The molecule has 220 valence electrons. The zero-order valence-corrected chi connectivity index (χ0v) is 25.3. The van der Waals surface area contributed by atoms with Crippen LogP contribution in [0.3, 0.4) is 0 Å². The second-order valence-corrected chi connectivity index (χ2v) is 10.7. The number of piperidine rings is 1. The second-order valence-electron chi connectivity index (χ2n) is 9.89. The van der Waals surface area contributed by atoms with Crippen LogP contribution in [-0.2, 0) is 19.1 Å². The Labute approximate surface area is 255 Å². The van der Waals surface area contributed by atoms with Gasteiger partial charge in [-0.15, -0.1) is 12.4 Å². The molecule has 0 aliphatic carbocycles. The minimum Gasteiger partial charge on any atom is -0.466 e. The molecule has 41 heavy (non-hydrogen) atoms. The van der Waals surface area contributed by atoms with Gasteiger partial charge in [0.1, 0.15) is 12.4 Å². The van der Waals surface area contributed by atoms with E-state index in [4.69, 9.17) is 32.7 Å². The number of carbonyl (C=O) groups is 3. The van der Waals surface area contributed by atoms with Gasteiger partial charge in [-0.05, 0) is 75.7 Å². The summed E-state index contributed by atoms with van der Waals surface area (Å²) >= 11 is 12.8. The molecule has 2 aliphatic heterocycles. The molecule has 0 saturated carbocycles. The van der Waals surface area contributed by atoms with Crippen molar-refractivity contribution in [2.45, 2.75) is 32.6 Å². The molecule has 11 heteroatoms. The zero-order chi connectivity index (χ0) is 29.0. The molecule has 1 fully saturated rings. The molecule has 2 aliphatic rings. The summed E-state index contributed by atoms with van der Waals surface area (Å²) in [5.74, 6) is -2.48. The summed E-state index contributed by atoms with van der Waals surface area (Å²) in [6, 6.07) is 10.7. The molecule has 2 aromatic rings. The summed E-state index contributed by atoms with van der Waals surface area (Å²) < 4.78 is 23.9. The summed E-state index contributed by atoms with van der Waals surface area (Å²) in [7, 11) is 1.28. The van der Waals surface area contributed by atoms with E-state index in [-0.39, 0.29) is 52.7 Å². The normalized spacial score (nSPS) is 18.0. The number of nitrogens with zero attached hydrogens (tertiary/aromatic N) is 1. The Balaban J connectivity index is 0.00000462. The standard InChI is InChI=1S/C30H31Cl2FN2O5.ClH/c1-17-24(29(37)39-3)26(22-5-4-6-23(31)27(22)32)25(18(2)34-17)30(38)40-16-15-35-13-11-20(12-14-35)28(36)19-7-9-21(33)10-8-19;/h4-10,20,26,34H,11-16H2,1-3H3;1H. The van der Waals surface area contributed by atoms with Crippen molar-refractivity contribution < 1.29 is 28.2 Å². The van der Waals surface area contributed by atoms with Gasteiger partial charge in [-0.2, -0.15) is 0 Å². The maximum absolute atomic E-state index is 13.5. The first-order chi connectivity index (χ1) is 19.1. The molecule has 4 rings (SSSR count). The number of ketones is 1. The predicted molar refractivity (Wildman–Crippen MR) is 158 cm³/mol. The lowest BCUT2D eigenvalue weighted by Gasteiger charge is -2.32. The third kappa shape index (κ3) is 7.30. The van der Waals surface area contributed by atoms with Gasteiger partial charge in [0.05, 0.1) is 34.2 Å². The van der Waals surface area contributed by atoms with E-state index >= 15 is 0 Å². The number of halogens is 4. The number of likely N-dealkylation sites (tertiary alicyclic amines) is 1. The van der Waals surface area contributed by atoms with Crippen LogP contribution in [0, 0.1) is 11.7 Å². The number of nitrogens with one attached hydrogen (secondary N) is 1. The summed E-state index contributed by atoms with van der Waals surface area (Å²) in [6.07, 6.45) is 1.33. The van der Waals surface area contributed by atoms with Gasteiger partial charge in [0.25, 0.3) is 0 Å². The largest absolute Gasteiger partial charge is 0.466 e. The fourth-order valence-corrected chi connectivity index (χ4v) is 5.73. The molecule has 0 aromatic heterocycles. The van der Waals surface area contributed by atoms with E-state index in [0.717, 1.165) is 0 Å². The molecular formula is C30H32Cl3FN2O5. The lowest BCUT2D eigenvalue weighted by Crippen LogP contribution is -2.39. The number of Topliss-reactive ketones (excluding diaryl/α,β-unsaturated/α-hetero) is 1. The lowest BCUT2D eigenvalue weighted by molar-refractivity contribution is -0.140. The Kier molecular flexibility index (Phi) is 11.4. The summed E-state index contributed by atoms with van der Waals surface area (Å²) in [5.41, 5.74) is 2.59. The first-order valence-electron chi connectivity index (χ1n) is 13.0. The summed E-state index contributed by atoms with van der Waals surface area (Å²) in [6.45, 7) is 5.43. The number of benzene rings is 2. The van der Waals surface area contributed by atoms with Crippen molar-refractivity contribution in [1.82, 2.24) is 10.2 Å². The molecule has 1 N–H and O–H groups in total. The molecule has 7 nitrogen and oxygen atoms in total. The number of allylic oxidation sites excluding steroid dienone is 2. The van der Waals surface area contributed by atoms with Gasteiger partial charge in [0.15, 0.2) is 5.78 Å². The topological polar surface area (TPSA) is 84.9 Å². The summed E-state index contributed by atoms with van der Waals surface area (Å²) in [5, 5.41) is 3.63. The van der Waals surface area contributed by atoms with E-state index in [0.29, 0.717) is 60.0 Å². The number of dihydropyridines is 1. The quantitative estimate of drug-likeness (QED) is 0.280. The van der Waals surface area contributed by atoms with Crippen LogP contribution < -0.4 is 5.32 Å². The van der Waals surface area contributed by atoms with Crippen LogP contribution in [0.1, 0.15) is 48.5 Å². The fraction of sp³-hybridized carbons (Fsp3) is 0.367. The van der Waals surface area contributed by atoms with Gasteiger partial charge in [-0.25, -0.2) is 14.0 Å². The number of ether oxygens (including phenoxy) is 2. The van der Waals surface area contributed by atoms with Crippen LogP contribution in [0.25, 0.3) is 0 Å². The van der Waals surface area contributed by atoms with E-state index in [1.165, 1.54) is 31.4 Å². The van der Waals surface area contributed by atoms with Gasteiger partial charge in [-0.1, -0.05) is 35.3 Å². The smallest absolute Gasteiger partial charge is 0.336 e. The van der Waals surface area contributed by atoms with Crippen molar-refractivity contribution >= 4 is 53.3 Å². The van der Waals surface area contributed by atoms with Crippen molar-refractivity contribution in [3.63, 3.8) is 0 Å². The van der Waals surface area contributed by atoms with E-state index in [9.17, 15) is 18.8 Å². The SMILES string of the molecule is COC(=O)C1=C(C)NC(C)=C(C(=O)OCCN2CCC(C(=O)c3ccc(F)cc3)CC2)C1c1cccc(Cl)c1Cl.Cl. The van der Waals surface area contributed by atoms with Crippen LogP contribution in [0.4, 0.5) is 4.39 Å². The van der Waals surface area contributed by atoms with Crippen molar-refractivity contribution in [3.05, 3.63) is 92.0 Å². The number of esters is 2. The van der Waals surface area contributed by atoms with E-state index < -0.39 is 17.9 Å². The number of methoxy groups -OCH3 is 1. The Morgan fingerprint density at radius 3 is 2.20 bits per heavy atom. The number of hydrogen-bond acceptors (Lipinski definition) is 7. The molecule has 1 saturated heterocycles. The van der Waals surface area contributed by atoms with Crippen LogP contribution >= 0.6 is 35.6 Å². The highest BCUT2D eigenvalue weighted by molar-refractivity contribution is 6.42. The minimum atomic E-state index is -0.833. The van der Waals surface area contributed by atoms with Crippen LogP contribution in [0.2, 0.25) is 10.0 Å². The Bertz CT molecular complexity index is 1370. The molecule has 0 amide bonds. The molecule has 2 aromatic carbocycles. The first-order valence-corrected chi connectivity index (χ1v) is 13.8. The Hall–Kier alpha value is -2.91. The van der Waals surface area contributed by atoms with Crippen molar-refractivity contribution in [2.24, 2.45) is 5.92 Å². The average molecular weight is 626 g/mol. The van der Waals surface area contributed by atoms with Gasteiger partial charge < -0.3 is 14.8 Å². The van der Waals surface area contributed by atoms with Crippen LogP contribution in [0.5, 0.6) is 0 Å². The molecule has 0 spiro atoms. The molecule has 0 bridgehead atoms. The van der Waals surface area contributed by atoms with E-state index in [2.05, 4.69) is 10.2 Å². The predicted octanol–water partition coefficient (Wildman–Crippen LogP) is 6.10. The van der Waals surface area contributed by atoms with Crippen LogP contribution in [-0.4, -0.2) is 56.0 Å².